The fraction of sp³-hybridized carbons (Fsp3) is 0.125. The highest BCUT2D eigenvalue weighted by Crippen LogP contribution is 2.34. The molecule has 1 fully saturated rings. The number of aliphatic carboxylic acids is 1. The molecule has 0 unspecified atom stereocenters. The molecule has 1 amide bonds. The van der Waals surface area contributed by atoms with Gasteiger partial charge in [0.05, 0.1) is 16.3 Å². The Balaban J connectivity index is 1.97. The maximum Gasteiger partial charge on any atom is 0.323 e. The van der Waals surface area contributed by atoms with Crippen molar-refractivity contribution in [1.82, 2.24) is 14.7 Å². The Kier molecular flexibility index (Phi) is 4.94. The van der Waals surface area contributed by atoms with Crippen LogP contribution in [0.5, 0.6) is 0 Å². The van der Waals surface area contributed by atoms with E-state index in [2.05, 4.69) is 5.10 Å². The van der Waals surface area contributed by atoms with Crippen molar-refractivity contribution in [3.05, 3.63) is 51.6 Å². The highest BCUT2D eigenvalue weighted by Gasteiger charge is 2.33. The second-order valence-electron chi connectivity index (χ2n) is 5.20. The molecular formula is C16H12ClN3O3S2. The number of aromatic nitrogens is 2. The summed E-state index contributed by atoms with van der Waals surface area (Å²) in [5, 5.41) is 13.7. The smallest absolute Gasteiger partial charge is 0.323 e. The van der Waals surface area contributed by atoms with E-state index in [1.54, 1.807) is 17.7 Å². The molecule has 0 saturated carbocycles. The number of aryl methyl sites for hydroxylation is 1. The van der Waals surface area contributed by atoms with E-state index in [9.17, 15) is 9.59 Å². The van der Waals surface area contributed by atoms with Crippen LogP contribution in [0.4, 0.5) is 0 Å². The quantitative estimate of drug-likeness (QED) is 0.635. The first kappa shape index (κ1) is 17.7. The third-order valence-electron chi connectivity index (χ3n) is 3.49. The number of nitrogens with zero attached hydrogens (tertiary/aromatic N) is 3. The number of rotatable bonds is 4. The van der Waals surface area contributed by atoms with Gasteiger partial charge in [0.25, 0.3) is 5.91 Å². The van der Waals surface area contributed by atoms with E-state index in [-0.39, 0.29) is 4.32 Å². The third-order valence-corrected chi connectivity index (χ3v) is 5.23. The first-order chi connectivity index (χ1) is 11.9. The SMILES string of the molecule is Cc1nn(-c2ccccc2)c(Cl)c1/C=C1\SC(=S)N(CC(=O)O)C1=O. The van der Waals surface area contributed by atoms with Crippen LogP contribution in [0.15, 0.2) is 35.2 Å². The molecule has 25 heavy (non-hydrogen) atoms. The zero-order valence-corrected chi connectivity index (χ0v) is 15.4. The Hall–Kier alpha value is -2.16. The van der Waals surface area contributed by atoms with Crippen molar-refractivity contribution in [2.45, 2.75) is 6.92 Å². The molecule has 0 atom stereocenters. The molecule has 9 heteroatoms. The van der Waals surface area contributed by atoms with Crippen molar-refractivity contribution in [3.8, 4) is 5.69 Å². The molecule has 0 bridgehead atoms. The summed E-state index contributed by atoms with van der Waals surface area (Å²) in [6, 6.07) is 9.38. The van der Waals surface area contributed by atoms with E-state index < -0.39 is 18.4 Å². The van der Waals surface area contributed by atoms with Gasteiger partial charge >= 0.3 is 5.97 Å². The maximum atomic E-state index is 12.4. The second kappa shape index (κ2) is 6.99. The van der Waals surface area contributed by atoms with Crippen LogP contribution >= 0.6 is 35.6 Å². The number of carbonyl (C=O) groups is 2. The van der Waals surface area contributed by atoms with E-state index >= 15 is 0 Å². The molecule has 1 saturated heterocycles. The molecule has 1 aromatic heterocycles. The van der Waals surface area contributed by atoms with Gasteiger partial charge in [0, 0.05) is 5.56 Å². The summed E-state index contributed by atoms with van der Waals surface area (Å²) < 4.78 is 1.80. The van der Waals surface area contributed by atoms with Gasteiger partial charge in [-0.15, -0.1) is 0 Å². The predicted octanol–water partition coefficient (Wildman–Crippen LogP) is 3.12. The molecule has 0 spiro atoms. The lowest BCUT2D eigenvalue weighted by molar-refractivity contribution is -0.140. The van der Waals surface area contributed by atoms with Crippen LogP contribution in [0.3, 0.4) is 0 Å². The molecule has 1 aliphatic heterocycles. The average Bonchev–Trinajstić information content (AvgIpc) is 3.00. The summed E-state index contributed by atoms with van der Waals surface area (Å²) in [5.41, 5.74) is 2.05. The fourth-order valence-corrected chi connectivity index (χ4v) is 3.88. The van der Waals surface area contributed by atoms with E-state index in [0.29, 0.717) is 21.3 Å². The molecular weight excluding hydrogens is 382 g/mol. The van der Waals surface area contributed by atoms with Crippen LogP contribution in [-0.2, 0) is 9.59 Å². The van der Waals surface area contributed by atoms with Crippen molar-refractivity contribution in [2.75, 3.05) is 6.54 Å². The van der Waals surface area contributed by atoms with E-state index in [0.717, 1.165) is 22.3 Å². The molecule has 1 N–H and O–H groups in total. The van der Waals surface area contributed by atoms with Gasteiger partial charge in [0.2, 0.25) is 0 Å². The summed E-state index contributed by atoms with van der Waals surface area (Å²) in [4.78, 5) is 24.6. The number of thioether (sulfide) groups is 1. The number of carbonyl (C=O) groups excluding carboxylic acids is 1. The van der Waals surface area contributed by atoms with Crippen molar-refractivity contribution in [3.63, 3.8) is 0 Å². The molecule has 6 nitrogen and oxygen atoms in total. The molecule has 1 aliphatic rings. The molecule has 2 heterocycles. The van der Waals surface area contributed by atoms with Gasteiger partial charge in [0.15, 0.2) is 0 Å². The third kappa shape index (κ3) is 3.46. The minimum atomic E-state index is -1.12. The maximum absolute atomic E-state index is 12.4. The van der Waals surface area contributed by atoms with Gasteiger partial charge in [-0.05, 0) is 25.1 Å². The topological polar surface area (TPSA) is 75.4 Å². The summed E-state index contributed by atoms with van der Waals surface area (Å²) in [7, 11) is 0. The van der Waals surface area contributed by atoms with E-state index in [1.165, 1.54) is 0 Å². The van der Waals surface area contributed by atoms with Gasteiger partial charge in [-0.2, -0.15) is 5.10 Å². The zero-order valence-electron chi connectivity index (χ0n) is 13.0. The van der Waals surface area contributed by atoms with Crippen molar-refractivity contribution < 1.29 is 14.7 Å². The Morgan fingerprint density at radius 3 is 2.72 bits per heavy atom. The summed E-state index contributed by atoms with van der Waals surface area (Å²) >= 11 is 12.6. The normalized spacial score (nSPS) is 16.1. The second-order valence-corrected chi connectivity index (χ2v) is 7.23. The first-order valence-electron chi connectivity index (χ1n) is 7.16. The number of thiocarbonyl (C=S) groups is 1. The number of halogens is 1. The fourth-order valence-electron chi connectivity index (χ4n) is 2.32. The van der Waals surface area contributed by atoms with Crippen LogP contribution in [0.25, 0.3) is 11.8 Å². The Labute approximate surface area is 158 Å². The summed E-state index contributed by atoms with van der Waals surface area (Å²) in [6.07, 6.45) is 1.60. The lowest BCUT2D eigenvalue weighted by atomic mass is 10.2. The van der Waals surface area contributed by atoms with Crippen LogP contribution in [0, 0.1) is 6.92 Å². The molecule has 2 aromatic rings. The largest absolute Gasteiger partial charge is 0.480 e. The van der Waals surface area contributed by atoms with Crippen molar-refractivity contribution >= 4 is 57.9 Å². The van der Waals surface area contributed by atoms with Crippen molar-refractivity contribution in [2.24, 2.45) is 0 Å². The number of hydrogen-bond acceptors (Lipinski definition) is 5. The monoisotopic (exact) mass is 393 g/mol. The first-order valence-corrected chi connectivity index (χ1v) is 8.76. The van der Waals surface area contributed by atoms with Gasteiger partial charge in [-0.3, -0.25) is 14.5 Å². The van der Waals surface area contributed by atoms with Gasteiger partial charge in [-0.25, -0.2) is 4.68 Å². The van der Waals surface area contributed by atoms with Gasteiger partial charge in [0.1, 0.15) is 16.0 Å². The van der Waals surface area contributed by atoms with Gasteiger partial charge < -0.3 is 5.11 Å². The number of amides is 1. The Morgan fingerprint density at radius 2 is 2.08 bits per heavy atom. The minimum Gasteiger partial charge on any atom is -0.480 e. The molecule has 0 radical (unpaired) electrons. The summed E-state index contributed by atoms with van der Waals surface area (Å²) in [6.45, 7) is 1.33. The van der Waals surface area contributed by atoms with Gasteiger partial charge in [-0.1, -0.05) is 53.8 Å². The van der Waals surface area contributed by atoms with Crippen molar-refractivity contribution in [1.29, 1.82) is 0 Å². The standard InChI is InChI=1S/C16H12ClN3O3S2/c1-9-11(14(17)20(18-9)10-5-3-2-4-6-10)7-12-15(23)19(8-13(21)22)16(24)25-12/h2-7H,8H2,1H3,(H,21,22)/b12-7-. The predicted molar refractivity (Wildman–Crippen MR) is 101 cm³/mol. The van der Waals surface area contributed by atoms with Crippen LogP contribution in [-0.4, -0.2) is 42.5 Å². The molecule has 0 aliphatic carbocycles. The minimum absolute atomic E-state index is 0.211. The number of benzene rings is 1. The lowest BCUT2D eigenvalue weighted by Crippen LogP contribution is -2.33. The number of carboxylic acid groups (broad SMARTS) is 1. The summed E-state index contributed by atoms with van der Waals surface area (Å²) in [5.74, 6) is -1.57. The highest BCUT2D eigenvalue weighted by molar-refractivity contribution is 8.26. The van der Waals surface area contributed by atoms with Crippen LogP contribution < -0.4 is 0 Å². The molecule has 3 rings (SSSR count). The van der Waals surface area contributed by atoms with Crippen LogP contribution in [0.1, 0.15) is 11.3 Å². The van der Waals surface area contributed by atoms with E-state index in [4.69, 9.17) is 28.9 Å². The molecule has 1 aromatic carbocycles. The zero-order chi connectivity index (χ0) is 18.1. The lowest BCUT2D eigenvalue weighted by Gasteiger charge is -2.10. The van der Waals surface area contributed by atoms with E-state index in [1.807, 2.05) is 30.3 Å². The number of para-hydroxylation sites is 1. The van der Waals surface area contributed by atoms with Crippen LogP contribution in [0.2, 0.25) is 5.15 Å². The number of carboxylic acids is 1. The average molecular weight is 394 g/mol. The highest BCUT2D eigenvalue weighted by atomic mass is 35.5. The Bertz CT molecular complexity index is 909. The Morgan fingerprint density at radius 1 is 1.40 bits per heavy atom. The number of hydrogen-bond donors (Lipinski definition) is 1. The molecule has 128 valence electrons.